The lowest BCUT2D eigenvalue weighted by molar-refractivity contribution is -0.132. The highest BCUT2D eigenvalue weighted by atomic mass is 19.1. The average molecular weight is 274 g/mol. The molecule has 1 aliphatic heterocycles. The van der Waals surface area contributed by atoms with E-state index in [1.165, 1.54) is 6.07 Å². The van der Waals surface area contributed by atoms with E-state index in [2.05, 4.69) is 10.2 Å². The van der Waals surface area contributed by atoms with Crippen LogP contribution in [0.5, 0.6) is 0 Å². The van der Waals surface area contributed by atoms with Crippen molar-refractivity contribution in [3.8, 4) is 0 Å². The van der Waals surface area contributed by atoms with Crippen LogP contribution >= 0.6 is 0 Å². The second kappa shape index (κ2) is 5.03. The Balaban J connectivity index is 1.72. The van der Waals surface area contributed by atoms with Gasteiger partial charge in [-0.25, -0.2) is 4.39 Å². The number of aromatic nitrogens is 3. The van der Waals surface area contributed by atoms with Crippen molar-refractivity contribution in [3.05, 3.63) is 47.3 Å². The second-order valence-corrected chi connectivity index (χ2v) is 4.90. The van der Waals surface area contributed by atoms with Crippen molar-refractivity contribution >= 4 is 5.91 Å². The van der Waals surface area contributed by atoms with E-state index in [4.69, 9.17) is 0 Å². The van der Waals surface area contributed by atoms with Gasteiger partial charge in [0.25, 0.3) is 0 Å². The summed E-state index contributed by atoms with van der Waals surface area (Å²) in [7, 11) is 0. The third kappa shape index (κ3) is 2.29. The molecule has 2 heterocycles. The highest BCUT2D eigenvalue weighted by molar-refractivity contribution is 5.78. The van der Waals surface area contributed by atoms with E-state index in [0.29, 0.717) is 25.2 Å². The second-order valence-electron chi connectivity index (χ2n) is 4.90. The van der Waals surface area contributed by atoms with E-state index in [9.17, 15) is 9.18 Å². The molecular formula is C14H15FN4O. The molecule has 0 unspecified atom stereocenters. The summed E-state index contributed by atoms with van der Waals surface area (Å²) in [5, 5.41) is 8.06. The van der Waals surface area contributed by atoms with Crippen LogP contribution in [0, 0.1) is 12.7 Å². The van der Waals surface area contributed by atoms with Crippen molar-refractivity contribution in [3.63, 3.8) is 0 Å². The van der Waals surface area contributed by atoms with Crippen LogP contribution < -0.4 is 0 Å². The van der Waals surface area contributed by atoms with E-state index in [0.717, 1.165) is 11.6 Å². The monoisotopic (exact) mass is 274 g/mol. The summed E-state index contributed by atoms with van der Waals surface area (Å²) in [5.74, 6) is 1.23. The van der Waals surface area contributed by atoms with E-state index >= 15 is 0 Å². The number of nitrogens with zero attached hydrogens (tertiary/aromatic N) is 4. The number of fused-ring (bicyclic) bond motifs is 1. The minimum atomic E-state index is -0.336. The van der Waals surface area contributed by atoms with E-state index < -0.39 is 0 Å². The van der Waals surface area contributed by atoms with Crippen LogP contribution in [0.25, 0.3) is 0 Å². The Morgan fingerprint density at radius 3 is 2.90 bits per heavy atom. The summed E-state index contributed by atoms with van der Waals surface area (Å²) in [4.78, 5) is 13.9. The molecule has 0 atom stereocenters. The minimum Gasteiger partial charge on any atom is -0.333 e. The molecule has 1 amide bonds. The van der Waals surface area contributed by atoms with Gasteiger partial charge >= 0.3 is 0 Å². The van der Waals surface area contributed by atoms with Crippen molar-refractivity contribution < 1.29 is 9.18 Å². The molecule has 5 nitrogen and oxygen atoms in total. The average Bonchev–Trinajstić information content (AvgIpc) is 2.82. The molecule has 0 saturated heterocycles. The topological polar surface area (TPSA) is 51.0 Å². The van der Waals surface area contributed by atoms with Crippen LogP contribution in [0.1, 0.15) is 17.2 Å². The summed E-state index contributed by atoms with van der Waals surface area (Å²) in [6.07, 6.45) is 0.0831. The molecular weight excluding hydrogens is 259 g/mol. The molecule has 0 saturated carbocycles. The summed E-state index contributed by atoms with van der Waals surface area (Å²) in [5.41, 5.74) is 0.431. The predicted octanol–water partition coefficient (Wildman–Crippen LogP) is 1.31. The first kappa shape index (κ1) is 12.8. The Morgan fingerprint density at radius 2 is 2.10 bits per heavy atom. The van der Waals surface area contributed by atoms with Gasteiger partial charge < -0.3 is 9.47 Å². The lowest BCUT2D eigenvalue weighted by Gasteiger charge is -2.27. The van der Waals surface area contributed by atoms with Gasteiger partial charge in [-0.1, -0.05) is 18.2 Å². The highest BCUT2D eigenvalue weighted by Crippen LogP contribution is 2.14. The van der Waals surface area contributed by atoms with Crippen molar-refractivity contribution in [2.45, 2.75) is 26.4 Å². The van der Waals surface area contributed by atoms with Crippen molar-refractivity contribution in [1.29, 1.82) is 0 Å². The molecule has 0 spiro atoms. The molecule has 6 heteroatoms. The number of amides is 1. The Labute approximate surface area is 116 Å². The maximum Gasteiger partial charge on any atom is 0.227 e. The normalized spacial score (nSPS) is 14.2. The van der Waals surface area contributed by atoms with Crippen LogP contribution in [-0.2, 0) is 24.3 Å². The minimum absolute atomic E-state index is 0.0815. The number of carbonyl (C=O) groups is 1. The zero-order chi connectivity index (χ0) is 14.1. The van der Waals surface area contributed by atoms with Crippen LogP contribution in [0.4, 0.5) is 4.39 Å². The van der Waals surface area contributed by atoms with Gasteiger partial charge in [0.15, 0.2) is 5.82 Å². The zero-order valence-electron chi connectivity index (χ0n) is 11.2. The molecule has 1 aromatic carbocycles. The van der Waals surface area contributed by atoms with Crippen LogP contribution in [0.15, 0.2) is 24.3 Å². The van der Waals surface area contributed by atoms with Gasteiger partial charge in [-0.15, -0.1) is 10.2 Å². The summed E-state index contributed by atoms with van der Waals surface area (Å²) < 4.78 is 15.6. The van der Waals surface area contributed by atoms with Crippen molar-refractivity contribution in [2.24, 2.45) is 0 Å². The van der Waals surface area contributed by atoms with Gasteiger partial charge in [-0.3, -0.25) is 4.79 Å². The quantitative estimate of drug-likeness (QED) is 0.829. The third-order valence-corrected chi connectivity index (χ3v) is 3.59. The molecule has 0 aliphatic carbocycles. The standard InChI is InChI=1S/C14H15FN4O/c1-10-16-17-13-9-18(6-7-19(10)13)14(20)8-11-4-2-3-5-12(11)15/h2-5H,6-9H2,1H3. The molecule has 1 aromatic heterocycles. The van der Waals surface area contributed by atoms with E-state index in [1.807, 2.05) is 11.5 Å². The van der Waals surface area contributed by atoms with Gasteiger partial charge in [-0.2, -0.15) is 0 Å². The third-order valence-electron chi connectivity index (χ3n) is 3.59. The Hall–Kier alpha value is -2.24. The molecule has 20 heavy (non-hydrogen) atoms. The first-order chi connectivity index (χ1) is 9.65. The Bertz CT molecular complexity index is 652. The summed E-state index contributed by atoms with van der Waals surface area (Å²) >= 11 is 0. The van der Waals surface area contributed by atoms with E-state index in [1.54, 1.807) is 23.1 Å². The fourth-order valence-electron chi connectivity index (χ4n) is 2.43. The Kier molecular flexibility index (Phi) is 3.22. The van der Waals surface area contributed by atoms with Crippen molar-refractivity contribution in [2.75, 3.05) is 6.54 Å². The molecule has 0 radical (unpaired) electrons. The van der Waals surface area contributed by atoms with E-state index in [-0.39, 0.29) is 18.1 Å². The number of benzene rings is 1. The first-order valence-electron chi connectivity index (χ1n) is 6.55. The Morgan fingerprint density at radius 1 is 1.30 bits per heavy atom. The van der Waals surface area contributed by atoms with Gasteiger partial charge in [0.1, 0.15) is 11.6 Å². The lowest BCUT2D eigenvalue weighted by atomic mass is 10.1. The molecule has 2 aromatic rings. The fraction of sp³-hybridized carbons (Fsp3) is 0.357. The lowest BCUT2D eigenvalue weighted by Crippen LogP contribution is -2.39. The predicted molar refractivity (Wildman–Crippen MR) is 70.3 cm³/mol. The van der Waals surface area contributed by atoms with Crippen LogP contribution in [0.3, 0.4) is 0 Å². The fourth-order valence-corrected chi connectivity index (χ4v) is 2.43. The van der Waals surface area contributed by atoms with Gasteiger partial charge in [0.2, 0.25) is 5.91 Å². The molecule has 0 fully saturated rings. The number of hydrogen-bond donors (Lipinski definition) is 0. The number of carbonyl (C=O) groups excluding carboxylic acids is 1. The zero-order valence-corrected chi connectivity index (χ0v) is 11.2. The van der Waals surface area contributed by atoms with Crippen LogP contribution in [0.2, 0.25) is 0 Å². The number of aryl methyl sites for hydroxylation is 1. The van der Waals surface area contributed by atoms with Gasteiger partial charge in [-0.05, 0) is 18.6 Å². The molecule has 3 rings (SSSR count). The number of rotatable bonds is 2. The van der Waals surface area contributed by atoms with Gasteiger partial charge in [0.05, 0.1) is 13.0 Å². The van der Waals surface area contributed by atoms with Crippen molar-refractivity contribution in [1.82, 2.24) is 19.7 Å². The first-order valence-corrected chi connectivity index (χ1v) is 6.55. The molecule has 0 bridgehead atoms. The maximum absolute atomic E-state index is 13.6. The molecule has 104 valence electrons. The smallest absolute Gasteiger partial charge is 0.227 e. The number of halogens is 1. The van der Waals surface area contributed by atoms with Crippen LogP contribution in [-0.4, -0.2) is 32.1 Å². The SMILES string of the molecule is Cc1nnc2n1CCN(C(=O)Cc1ccccc1F)C2. The van der Waals surface area contributed by atoms with Gasteiger partial charge in [0, 0.05) is 13.1 Å². The molecule has 1 aliphatic rings. The summed E-state index contributed by atoms with van der Waals surface area (Å²) in [6.45, 7) is 3.64. The number of hydrogen-bond acceptors (Lipinski definition) is 3. The highest BCUT2D eigenvalue weighted by Gasteiger charge is 2.23. The molecule has 0 N–H and O–H groups in total. The largest absolute Gasteiger partial charge is 0.333 e. The summed E-state index contributed by atoms with van der Waals surface area (Å²) in [6, 6.07) is 6.37. The maximum atomic E-state index is 13.6.